The molecule has 0 spiro atoms. The summed E-state index contributed by atoms with van der Waals surface area (Å²) in [5, 5.41) is 7.65. The van der Waals surface area contributed by atoms with Gasteiger partial charge in [-0.1, -0.05) is 0 Å². The predicted octanol–water partition coefficient (Wildman–Crippen LogP) is 1.94. The zero-order valence-corrected chi connectivity index (χ0v) is 11.0. The van der Waals surface area contributed by atoms with Gasteiger partial charge in [-0.3, -0.25) is 4.68 Å². The molecule has 2 aromatic heterocycles. The first-order chi connectivity index (χ1) is 7.74. The van der Waals surface area contributed by atoms with Gasteiger partial charge in [0.05, 0.1) is 15.9 Å². The van der Waals surface area contributed by atoms with Crippen molar-refractivity contribution in [3.63, 3.8) is 0 Å². The van der Waals surface area contributed by atoms with Gasteiger partial charge in [0, 0.05) is 38.0 Å². The number of halogens is 1. The van der Waals surface area contributed by atoms with E-state index in [1.54, 1.807) is 0 Å². The van der Waals surface area contributed by atoms with Gasteiger partial charge in [-0.25, -0.2) is 0 Å². The van der Waals surface area contributed by atoms with E-state index in [4.69, 9.17) is 0 Å². The van der Waals surface area contributed by atoms with E-state index in [2.05, 4.69) is 31.3 Å². The van der Waals surface area contributed by atoms with Crippen LogP contribution in [0.25, 0.3) is 11.3 Å². The molecule has 0 aliphatic rings. The zero-order chi connectivity index (χ0) is 11.5. The second kappa shape index (κ2) is 4.84. The van der Waals surface area contributed by atoms with Crippen LogP contribution in [0.4, 0.5) is 0 Å². The third-order valence-electron chi connectivity index (χ3n) is 2.54. The molecule has 2 aromatic rings. The fraction of sp³-hybridized carbons (Fsp3) is 0.364. The molecule has 0 atom stereocenters. The lowest BCUT2D eigenvalue weighted by Crippen LogP contribution is -2.11. The van der Waals surface area contributed by atoms with Crippen molar-refractivity contribution < 1.29 is 0 Å². The van der Waals surface area contributed by atoms with Crippen molar-refractivity contribution >= 4 is 15.9 Å². The fourth-order valence-electron chi connectivity index (χ4n) is 1.74. The molecule has 2 heterocycles. The predicted molar refractivity (Wildman–Crippen MR) is 68.3 cm³/mol. The molecule has 5 heteroatoms. The average Bonchev–Trinajstić information content (AvgIpc) is 2.85. The largest absolute Gasteiger partial charge is 0.367 e. The number of aryl methyl sites for hydroxylation is 1. The average molecular weight is 283 g/mol. The lowest BCUT2D eigenvalue weighted by atomic mass is 10.2. The first-order valence-corrected chi connectivity index (χ1v) is 6.02. The fourth-order valence-corrected chi connectivity index (χ4v) is 2.50. The maximum absolute atomic E-state index is 4.52. The van der Waals surface area contributed by atoms with Gasteiger partial charge < -0.3 is 10.3 Å². The minimum absolute atomic E-state index is 0.926. The summed E-state index contributed by atoms with van der Waals surface area (Å²) in [5.74, 6) is 0. The minimum atomic E-state index is 0.926. The highest BCUT2D eigenvalue weighted by molar-refractivity contribution is 9.10. The van der Waals surface area contributed by atoms with Gasteiger partial charge in [-0.15, -0.1) is 0 Å². The Hall–Kier alpha value is -1.07. The Bertz CT molecular complexity index is 459. The Kier molecular flexibility index (Phi) is 3.46. The molecule has 86 valence electrons. The summed E-state index contributed by atoms with van der Waals surface area (Å²) in [5.41, 5.74) is 3.36. The van der Waals surface area contributed by atoms with Crippen LogP contribution in [0.2, 0.25) is 0 Å². The maximum atomic E-state index is 4.52. The molecule has 2 rings (SSSR count). The molecule has 0 aliphatic carbocycles. The minimum Gasteiger partial charge on any atom is -0.367 e. The Balaban J connectivity index is 2.36. The quantitative estimate of drug-likeness (QED) is 0.900. The van der Waals surface area contributed by atoms with E-state index in [-0.39, 0.29) is 0 Å². The van der Waals surface area contributed by atoms with Crippen molar-refractivity contribution in [1.82, 2.24) is 20.1 Å². The van der Waals surface area contributed by atoms with Crippen molar-refractivity contribution in [1.29, 1.82) is 0 Å². The normalized spacial score (nSPS) is 10.9. The van der Waals surface area contributed by atoms with Crippen LogP contribution >= 0.6 is 15.9 Å². The molecule has 0 fully saturated rings. The molecule has 2 N–H and O–H groups in total. The molecule has 0 unspecified atom stereocenters. The Morgan fingerprint density at radius 2 is 2.38 bits per heavy atom. The van der Waals surface area contributed by atoms with Gasteiger partial charge in [0.15, 0.2) is 0 Å². The molecule has 0 aromatic carbocycles. The van der Waals surface area contributed by atoms with Gasteiger partial charge in [0.2, 0.25) is 0 Å². The smallest absolute Gasteiger partial charge is 0.0839 e. The van der Waals surface area contributed by atoms with Crippen LogP contribution in [0, 0.1) is 0 Å². The molecule has 0 saturated heterocycles. The molecule has 0 aliphatic heterocycles. The molecular weight excluding hydrogens is 268 g/mol. The molecule has 4 nitrogen and oxygen atoms in total. The molecule has 0 saturated carbocycles. The number of nitrogens with one attached hydrogen (secondary N) is 2. The van der Waals surface area contributed by atoms with E-state index < -0.39 is 0 Å². The first-order valence-electron chi connectivity index (χ1n) is 5.23. The molecule has 16 heavy (non-hydrogen) atoms. The van der Waals surface area contributed by atoms with Gasteiger partial charge >= 0.3 is 0 Å². The number of rotatable bonds is 4. The van der Waals surface area contributed by atoms with Gasteiger partial charge in [0.1, 0.15) is 0 Å². The van der Waals surface area contributed by atoms with Crippen molar-refractivity contribution in [2.24, 2.45) is 7.05 Å². The third-order valence-corrected chi connectivity index (χ3v) is 3.37. The Morgan fingerprint density at radius 1 is 1.56 bits per heavy atom. The molecular formula is C11H15BrN4. The highest BCUT2D eigenvalue weighted by Gasteiger charge is 2.14. The number of likely N-dealkylation sites (N-methyl/N-ethyl adjacent to an activating group) is 1. The third kappa shape index (κ3) is 2.05. The number of aromatic nitrogens is 3. The van der Waals surface area contributed by atoms with E-state index in [9.17, 15) is 0 Å². The van der Waals surface area contributed by atoms with Crippen LogP contribution in [-0.2, 0) is 13.5 Å². The van der Waals surface area contributed by atoms with Crippen LogP contribution in [0.1, 0.15) is 5.69 Å². The zero-order valence-electron chi connectivity index (χ0n) is 9.42. The van der Waals surface area contributed by atoms with Crippen LogP contribution < -0.4 is 5.32 Å². The van der Waals surface area contributed by atoms with Crippen molar-refractivity contribution in [2.75, 3.05) is 13.6 Å². The van der Waals surface area contributed by atoms with Gasteiger partial charge in [-0.2, -0.15) is 5.10 Å². The Morgan fingerprint density at radius 3 is 3.00 bits per heavy atom. The number of hydrogen-bond donors (Lipinski definition) is 2. The Labute approximate surface area is 103 Å². The van der Waals surface area contributed by atoms with E-state index in [1.165, 1.54) is 0 Å². The lowest BCUT2D eigenvalue weighted by molar-refractivity contribution is 0.720. The number of hydrogen-bond acceptors (Lipinski definition) is 2. The van der Waals surface area contributed by atoms with Crippen LogP contribution in [-0.4, -0.2) is 28.4 Å². The van der Waals surface area contributed by atoms with Crippen molar-refractivity contribution in [3.8, 4) is 11.3 Å². The van der Waals surface area contributed by atoms with E-state index in [1.807, 2.05) is 37.2 Å². The molecule has 0 radical (unpaired) electrons. The highest BCUT2D eigenvalue weighted by atomic mass is 79.9. The van der Waals surface area contributed by atoms with Crippen LogP contribution in [0.5, 0.6) is 0 Å². The van der Waals surface area contributed by atoms with Gasteiger partial charge in [0.25, 0.3) is 0 Å². The summed E-state index contributed by atoms with van der Waals surface area (Å²) in [4.78, 5) is 3.06. The summed E-state index contributed by atoms with van der Waals surface area (Å²) < 4.78 is 3.00. The first kappa shape index (κ1) is 11.4. The number of aromatic amines is 1. The van der Waals surface area contributed by atoms with E-state index in [0.717, 1.165) is 34.4 Å². The monoisotopic (exact) mass is 282 g/mol. The lowest BCUT2D eigenvalue weighted by Gasteiger charge is -1.98. The summed E-state index contributed by atoms with van der Waals surface area (Å²) in [6, 6.07) is 2.05. The maximum Gasteiger partial charge on any atom is 0.0839 e. The second-order valence-corrected chi connectivity index (χ2v) is 4.48. The van der Waals surface area contributed by atoms with E-state index >= 15 is 0 Å². The standard InChI is InChI=1S/C11H15BrN4/c1-13-5-4-9-10(12)11(16(2)15-9)8-3-6-14-7-8/h3,6-7,13-14H,4-5H2,1-2H3. The number of H-pyrrole nitrogens is 1. The summed E-state index contributed by atoms with van der Waals surface area (Å²) in [7, 11) is 3.92. The summed E-state index contributed by atoms with van der Waals surface area (Å²) in [6.07, 6.45) is 4.82. The van der Waals surface area contributed by atoms with Crippen molar-refractivity contribution in [2.45, 2.75) is 6.42 Å². The SMILES string of the molecule is CNCCc1nn(C)c(-c2cc[nH]c2)c1Br. The molecule has 0 amide bonds. The van der Waals surface area contributed by atoms with E-state index in [0.29, 0.717) is 0 Å². The van der Waals surface area contributed by atoms with Gasteiger partial charge in [-0.05, 0) is 29.0 Å². The second-order valence-electron chi connectivity index (χ2n) is 3.69. The van der Waals surface area contributed by atoms with Crippen LogP contribution in [0.15, 0.2) is 22.9 Å². The summed E-state index contributed by atoms with van der Waals surface area (Å²) >= 11 is 3.63. The molecule has 0 bridgehead atoms. The summed E-state index contributed by atoms with van der Waals surface area (Å²) in [6.45, 7) is 0.933. The van der Waals surface area contributed by atoms with Crippen molar-refractivity contribution in [3.05, 3.63) is 28.6 Å². The topological polar surface area (TPSA) is 45.6 Å². The highest BCUT2D eigenvalue weighted by Crippen LogP contribution is 2.30. The number of nitrogens with zero attached hydrogens (tertiary/aromatic N) is 2. The van der Waals surface area contributed by atoms with Crippen LogP contribution in [0.3, 0.4) is 0 Å².